The zero-order valence-corrected chi connectivity index (χ0v) is 14.8. The summed E-state index contributed by atoms with van der Waals surface area (Å²) in [5, 5.41) is 4.18. The topological polar surface area (TPSA) is 66.2 Å². The van der Waals surface area contributed by atoms with E-state index >= 15 is 0 Å². The van der Waals surface area contributed by atoms with Crippen LogP contribution in [0.25, 0.3) is 22.2 Å². The number of carbonyl (C=O) groups excluding carboxylic acids is 1. The molecule has 5 rings (SSSR count). The van der Waals surface area contributed by atoms with Gasteiger partial charge in [-0.15, -0.1) is 0 Å². The summed E-state index contributed by atoms with van der Waals surface area (Å²) >= 11 is 0. The number of amides is 1. The van der Waals surface area contributed by atoms with Crippen LogP contribution in [-0.2, 0) is 11.4 Å². The van der Waals surface area contributed by atoms with Gasteiger partial charge in [0, 0.05) is 28.6 Å². The van der Waals surface area contributed by atoms with Crippen LogP contribution < -0.4 is 10.8 Å². The highest BCUT2D eigenvalue weighted by atomic mass is 19.1. The quantitative estimate of drug-likeness (QED) is 0.650. The summed E-state index contributed by atoms with van der Waals surface area (Å²) < 4.78 is 14.9. The van der Waals surface area contributed by atoms with Gasteiger partial charge in [-0.2, -0.15) is 0 Å². The van der Waals surface area contributed by atoms with Crippen molar-refractivity contribution in [3.63, 3.8) is 0 Å². The Bertz CT molecular complexity index is 1040. The molecule has 1 saturated heterocycles. The van der Waals surface area contributed by atoms with Gasteiger partial charge in [0.15, 0.2) is 0 Å². The van der Waals surface area contributed by atoms with Gasteiger partial charge in [0.2, 0.25) is 0 Å². The number of piperidine rings is 1. The van der Waals surface area contributed by atoms with E-state index in [0.29, 0.717) is 5.56 Å². The second-order valence-electron chi connectivity index (χ2n) is 7.21. The summed E-state index contributed by atoms with van der Waals surface area (Å²) in [6.07, 6.45) is 2.07. The first-order chi connectivity index (χ1) is 13.2. The average Bonchev–Trinajstić information content (AvgIpc) is 2.98. The molecular weight excluding hydrogens is 345 g/mol. The molecule has 0 aliphatic carbocycles. The summed E-state index contributed by atoms with van der Waals surface area (Å²) in [7, 11) is 0. The lowest BCUT2D eigenvalue weighted by Gasteiger charge is -2.23. The van der Waals surface area contributed by atoms with Crippen LogP contribution in [0.15, 0.2) is 36.4 Å². The Balaban J connectivity index is 1.61. The van der Waals surface area contributed by atoms with Gasteiger partial charge >= 0.3 is 0 Å². The minimum Gasteiger partial charge on any atom is -0.354 e. The van der Waals surface area contributed by atoms with Crippen molar-refractivity contribution in [1.29, 1.82) is 0 Å². The first kappa shape index (κ1) is 16.5. The molecule has 0 unspecified atom stereocenters. The number of benzene rings is 2. The third-order valence-electron chi connectivity index (χ3n) is 5.58. The number of halogens is 1. The van der Waals surface area contributed by atoms with Gasteiger partial charge in [0.25, 0.3) is 5.91 Å². The van der Waals surface area contributed by atoms with Crippen LogP contribution in [0.1, 0.15) is 40.2 Å². The lowest BCUT2D eigenvalue weighted by atomic mass is 9.90. The number of hydrogen-bond donors (Lipinski definition) is 3. The van der Waals surface area contributed by atoms with Gasteiger partial charge < -0.3 is 10.3 Å². The molecule has 0 radical (unpaired) electrons. The monoisotopic (exact) mass is 365 g/mol. The molecule has 3 aromatic rings. The van der Waals surface area contributed by atoms with E-state index in [2.05, 4.69) is 15.8 Å². The number of hydroxylamine groups is 1. The van der Waals surface area contributed by atoms with Crippen molar-refractivity contribution >= 4 is 16.8 Å². The molecule has 0 spiro atoms. The number of nitrogens with one attached hydrogen (secondary N) is 3. The maximum absolute atomic E-state index is 14.9. The molecule has 0 bridgehead atoms. The fraction of sp³-hybridized carbons (Fsp3) is 0.286. The summed E-state index contributed by atoms with van der Waals surface area (Å²) in [4.78, 5) is 20.9. The molecule has 1 aromatic heterocycles. The number of hydrogen-bond acceptors (Lipinski definition) is 3. The van der Waals surface area contributed by atoms with Gasteiger partial charge in [0.05, 0.1) is 11.3 Å². The molecule has 2 aliphatic rings. The summed E-state index contributed by atoms with van der Waals surface area (Å²) in [6, 6.07) is 10.9. The Hall–Kier alpha value is -2.70. The Kier molecular flexibility index (Phi) is 3.95. The predicted octanol–water partition coefficient (Wildman–Crippen LogP) is 3.62. The van der Waals surface area contributed by atoms with Gasteiger partial charge in [-0.1, -0.05) is 18.2 Å². The summed E-state index contributed by atoms with van der Waals surface area (Å²) in [5.74, 6) is -0.235. The Morgan fingerprint density at radius 1 is 1.19 bits per heavy atom. The van der Waals surface area contributed by atoms with Crippen molar-refractivity contribution in [2.24, 2.45) is 0 Å². The van der Waals surface area contributed by atoms with Gasteiger partial charge in [-0.25, -0.2) is 9.87 Å². The fourth-order valence-corrected chi connectivity index (χ4v) is 4.26. The van der Waals surface area contributed by atoms with Crippen LogP contribution in [-0.4, -0.2) is 24.0 Å². The average molecular weight is 365 g/mol. The smallest absolute Gasteiger partial charge is 0.275 e. The van der Waals surface area contributed by atoms with E-state index in [-0.39, 0.29) is 24.2 Å². The highest BCUT2D eigenvalue weighted by Crippen LogP contribution is 2.36. The number of aromatic amines is 1. The SMILES string of the molecule is O=C1NOCc2c(-c3ccc([C@H]4CCCNC4)c(F)c3)[nH]c3cccc1c23. The van der Waals surface area contributed by atoms with Crippen molar-refractivity contribution in [3.05, 3.63) is 58.9 Å². The van der Waals surface area contributed by atoms with Crippen LogP contribution in [0.5, 0.6) is 0 Å². The normalized spacial score (nSPS) is 19.7. The largest absolute Gasteiger partial charge is 0.354 e. The highest BCUT2D eigenvalue weighted by Gasteiger charge is 2.24. The van der Waals surface area contributed by atoms with E-state index in [1.165, 1.54) is 0 Å². The van der Waals surface area contributed by atoms with Gasteiger partial charge in [-0.05, 0) is 49.1 Å². The van der Waals surface area contributed by atoms with E-state index in [0.717, 1.165) is 59.2 Å². The van der Waals surface area contributed by atoms with Crippen molar-refractivity contribution in [2.45, 2.75) is 25.4 Å². The summed E-state index contributed by atoms with van der Waals surface area (Å²) in [6.45, 7) is 2.05. The minimum atomic E-state index is -0.267. The molecule has 0 saturated carbocycles. The van der Waals surface area contributed by atoms with E-state index in [9.17, 15) is 9.18 Å². The molecular formula is C21H20FN3O2. The van der Waals surface area contributed by atoms with Gasteiger partial charge in [-0.3, -0.25) is 9.63 Å². The number of carbonyl (C=O) groups is 1. The number of rotatable bonds is 2. The van der Waals surface area contributed by atoms with E-state index < -0.39 is 0 Å². The first-order valence-electron chi connectivity index (χ1n) is 9.28. The van der Waals surface area contributed by atoms with Crippen LogP contribution in [0.3, 0.4) is 0 Å². The maximum Gasteiger partial charge on any atom is 0.275 e. The van der Waals surface area contributed by atoms with E-state index in [4.69, 9.17) is 4.84 Å². The van der Waals surface area contributed by atoms with E-state index in [1.807, 2.05) is 24.3 Å². The Morgan fingerprint density at radius 2 is 2.11 bits per heavy atom. The lowest BCUT2D eigenvalue weighted by molar-refractivity contribution is 0.0256. The molecule has 138 valence electrons. The molecule has 1 fully saturated rings. The van der Waals surface area contributed by atoms with Crippen LogP contribution in [0.4, 0.5) is 4.39 Å². The maximum atomic E-state index is 14.9. The summed E-state index contributed by atoms with van der Waals surface area (Å²) in [5.41, 5.74) is 7.04. The molecule has 2 aromatic carbocycles. The van der Waals surface area contributed by atoms with Crippen LogP contribution >= 0.6 is 0 Å². The molecule has 1 atom stereocenters. The third kappa shape index (κ3) is 2.72. The second kappa shape index (κ2) is 6.48. The minimum absolute atomic E-state index is 0.184. The molecule has 3 N–H and O–H groups in total. The predicted molar refractivity (Wildman–Crippen MR) is 101 cm³/mol. The molecule has 6 heteroatoms. The van der Waals surface area contributed by atoms with E-state index in [1.54, 1.807) is 12.1 Å². The molecule has 3 heterocycles. The number of H-pyrrole nitrogens is 1. The number of aromatic nitrogens is 1. The molecule has 1 amide bonds. The first-order valence-corrected chi connectivity index (χ1v) is 9.28. The van der Waals surface area contributed by atoms with Crippen LogP contribution in [0.2, 0.25) is 0 Å². The Labute approximate surface area is 155 Å². The Morgan fingerprint density at radius 3 is 2.93 bits per heavy atom. The molecule has 5 nitrogen and oxygen atoms in total. The van der Waals surface area contributed by atoms with Crippen molar-refractivity contribution in [2.75, 3.05) is 13.1 Å². The van der Waals surface area contributed by atoms with Gasteiger partial charge in [0.1, 0.15) is 12.4 Å². The highest BCUT2D eigenvalue weighted by molar-refractivity contribution is 6.09. The third-order valence-corrected chi connectivity index (χ3v) is 5.58. The standard InChI is InChI=1S/C21H20FN3O2/c22-17-9-12(6-7-14(17)13-3-2-8-23-10-13)20-16-11-27-25-21(26)15-4-1-5-18(24-20)19(15)16/h1,4-7,9,13,23-24H,2-3,8,10-11H2,(H,25,26)/t13-/m0/s1. The fourth-order valence-electron chi connectivity index (χ4n) is 4.26. The zero-order valence-electron chi connectivity index (χ0n) is 14.8. The zero-order chi connectivity index (χ0) is 18.4. The lowest BCUT2D eigenvalue weighted by Crippen LogP contribution is -2.28. The molecule has 27 heavy (non-hydrogen) atoms. The van der Waals surface area contributed by atoms with Crippen LogP contribution in [0, 0.1) is 5.82 Å². The van der Waals surface area contributed by atoms with Crippen molar-refractivity contribution in [3.8, 4) is 11.3 Å². The molecule has 2 aliphatic heterocycles. The second-order valence-corrected chi connectivity index (χ2v) is 7.21. The van der Waals surface area contributed by atoms with Crippen molar-refractivity contribution in [1.82, 2.24) is 15.8 Å². The van der Waals surface area contributed by atoms with Crippen molar-refractivity contribution < 1.29 is 14.0 Å².